The highest BCUT2D eigenvalue weighted by Gasteiger charge is 2.12. The van der Waals surface area contributed by atoms with Crippen molar-refractivity contribution in [3.8, 4) is 17.2 Å². The van der Waals surface area contributed by atoms with Crippen molar-refractivity contribution >= 4 is 28.9 Å². The Hall–Kier alpha value is -3.07. The SMILES string of the molecule is Cl.O/N=c1/cc(-c2cn3cccc3cn2)oc2ccc(OCCN3CCOCC3)cc12. The summed E-state index contributed by atoms with van der Waals surface area (Å²) >= 11 is 0. The summed E-state index contributed by atoms with van der Waals surface area (Å²) in [5.41, 5.74) is 2.23. The molecule has 1 aromatic carbocycles. The van der Waals surface area contributed by atoms with Gasteiger partial charge in [0.25, 0.3) is 0 Å². The van der Waals surface area contributed by atoms with Gasteiger partial charge in [0.1, 0.15) is 29.0 Å². The third kappa shape index (κ3) is 4.51. The first-order valence-electron chi connectivity index (χ1n) is 9.92. The van der Waals surface area contributed by atoms with Gasteiger partial charge in [-0.15, -0.1) is 12.4 Å². The largest absolute Gasteiger partial charge is 0.492 e. The second-order valence-electron chi connectivity index (χ2n) is 7.17. The van der Waals surface area contributed by atoms with Crippen molar-refractivity contribution in [2.45, 2.75) is 0 Å². The van der Waals surface area contributed by atoms with Crippen LogP contribution in [-0.2, 0) is 4.74 Å². The van der Waals surface area contributed by atoms with E-state index in [4.69, 9.17) is 13.9 Å². The number of rotatable bonds is 5. The molecular formula is C22H23ClN4O4. The first-order chi connectivity index (χ1) is 14.8. The van der Waals surface area contributed by atoms with E-state index < -0.39 is 0 Å². The molecule has 1 aliphatic heterocycles. The average molecular weight is 443 g/mol. The quantitative estimate of drug-likeness (QED) is 0.377. The molecule has 0 atom stereocenters. The summed E-state index contributed by atoms with van der Waals surface area (Å²) in [5, 5.41) is 14.1. The lowest BCUT2D eigenvalue weighted by atomic mass is 10.2. The Balaban J connectivity index is 0.00000231. The highest BCUT2D eigenvalue weighted by atomic mass is 35.5. The molecule has 8 nitrogen and oxygen atoms in total. The first kappa shape index (κ1) is 21.2. The van der Waals surface area contributed by atoms with Crippen molar-refractivity contribution in [3.05, 3.63) is 60.3 Å². The van der Waals surface area contributed by atoms with Crippen LogP contribution in [0.25, 0.3) is 27.9 Å². The molecule has 0 amide bonds. The molecular weight excluding hydrogens is 420 g/mol. The Bertz CT molecular complexity index is 1250. The zero-order chi connectivity index (χ0) is 20.3. The van der Waals surface area contributed by atoms with E-state index in [-0.39, 0.29) is 12.4 Å². The van der Waals surface area contributed by atoms with Crippen LogP contribution in [-0.4, -0.2) is 58.9 Å². The van der Waals surface area contributed by atoms with Gasteiger partial charge < -0.3 is 23.5 Å². The summed E-state index contributed by atoms with van der Waals surface area (Å²) in [6, 6.07) is 11.1. The van der Waals surface area contributed by atoms with Gasteiger partial charge in [0, 0.05) is 38.1 Å². The van der Waals surface area contributed by atoms with Gasteiger partial charge in [-0.2, -0.15) is 0 Å². The van der Waals surface area contributed by atoms with Crippen LogP contribution in [0.4, 0.5) is 0 Å². The summed E-state index contributed by atoms with van der Waals surface area (Å²) in [5.74, 6) is 1.22. The molecule has 1 fully saturated rings. The number of ether oxygens (including phenoxy) is 2. The fourth-order valence-electron chi connectivity index (χ4n) is 3.63. The monoisotopic (exact) mass is 442 g/mol. The Kier molecular flexibility index (Phi) is 6.41. The van der Waals surface area contributed by atoms with Crippen molar-refractivity contribution in [1.82, 2.24) is 14.3 Å². The summed E-state index contributed by atoms with van der Waals surface area (Å²) in [6.07, 6.45) is 5.60. The first-order valence-corrected chi connectivity index (χ1v) is 9.92. The van der Waals surface area contributed by atoms with Crippen LogP contribution >= 0.6 is 12.4 Å². The van der Waals surface area contributed by atoms with Gasteiger partial charge in [-0.25, -0.2) is 4.98 Å². The van der Waals surface area contributed by atoms with Crippen LogP contribution in [0.2, 0.25) is 0 Å². The van der Waals surface area contributed by atoms with Gasteiger partial charge in [-0.3, -0.25) is 4.90 Å². The predicted molar refractivity (Wildman–Crippen MR) is 118 cm³/mol. The van der Waals surface area contributed by atoms with Crippen LogP contribution in [0.3, 0.4) is 0 Å². The minimum atomic E-state index is 0. The highest BCUT2D eigenvalue weighted by molar-refractivity contribution is 5.85. The van der Waals surface area contributed by atoms with Gasteiger partial charge in [0.05, 0.1) is 30.3 Å². The molecule has 0 saturated carbocycles. The molecule has 0 bridgehead atoms. The van der Waals surface area contributed by atoms with Crippen molar-refractivity contribution in [1.29, 1.82) is 0 Å². The molecule has 1 saturated heterocycles. The smallest absolute Gasteiger partial charge is 0.156 e. The Morgan fingerprint density at radius 2 is 2.03 bits per heavy atom. The minimum Gasteiger partial charge on any atom is -0.492 e. The molecule has 0 spiro atoms. The fraction of sp³-hybridized carbons (Fsp3) is 0.273. The van der Waals surface area contributed by atoms with Crippen molar-refractivity contribution < 1.29 is 19.1 Å². The molecule has 3 aromatic heterocycles. The van der Waals surface area contributed by atoms with E-state index in [2.05, 4.69) is 15.0 Å². The van der Waals surface area contributed by atoms with Gasteiger partial charge in [0.15, 0.2) is 5.76 Å². The number of morpholine rings is 1. The van der Waals surface area contributed by atoms with Gasteiger partial charge in [-0.05, 0) is 30.3 Å². The van der Waals surface area contributed by atoms with E-state index in [0.29, 0.717) is 40.1 Å². The maximum Gasteiger partial charge on any atom is 0.156 e. The molecule has 0 aliphatic carbocycles. The van der Waals surface area contributed by atoms with Crippen molar-refractivity contribution in [3.63, 3.8) is 0 Å². The van der Waals surface area contributed by atoms with Gasteiger partial charge in [0.2, 0.25) is 0 Å². The normalized spacial score (nSPS) is 15.3. The van der Waals surface area contributed by atoms with Crippen molar-refractivity contribution in [2.24, 2.45) is 5.16 Å². The predicted octanol–water partition coefficient (Wildman–Crippen LogP) is 3.17. The molecule has 1 aliphatic rings. The lowest BCUT2D eigenvalue weighted by Crippen LogP contribution is -2.38. The number of fused-ring (bicyclic) bond motifs is 2. The van der Waals surface area contributed by atoms with E-state index in [9.17, 15) is 5.21 Å². The molecule has 0 unspecified atom stereocenters. The summed E-state index contributed by atoms with van der Waals surface area (Å²) in [4.78, 5) is 6.77. The summed E-state index contributed by atoms with van der Waals surface area (Å²) in [6.45, 7) is 4.82. The molecule has 9 heteroatoms. The standard InChI is InChI=1S/C22H22N4O4.ClH/c27-24-19-13-22(20-15-26-5-1-2-16(26)14-23-20)30-21-4-3-17(12-18(19)21)29-11-8-25-6-9-28-10-7-25;/h1-5,12-15,27H,6-11H2;1H/b24-19-;. The minimum absolute atomic E-state index is 0. The van der Waals surface area contributed by atoms with Crippen molar-refractivity contribution in [2.75, 3.05) is 39.5 Å². The third-order valence-electron chi connectivity index (χ3n) is 5.26. The van der Waals surface area contributed by atoms with Crippen LogP contribution < -0.4 is 10.1 Å². The zero-order valence-corrected chi connectivity index (χ0v) is 17.6. The number of hydrogen-bond donors (Lipinski definition) is 1. The van der Waals surface area contributed by atoms with E-state index in [0.717, 1.165) is 38.4 Å². The molecule has 162 valence electrons. The molecule has 4 aromatic rings. The maximum atomic E-state index is 9.58. The van der Waals surface area contributed by atoms with Crippen LogP contribution in [0.5, 0.6) is 5.75 Å². The number of hydrogen-bond acceptors (Lipinski definition) is 7. The Morgan fingerprint density at radius 3 is 2.87 bits per heavy atom. The molecule has 0 radical (unpaired) electrons. The summed E-state index contributed by atoms with van der Waals surface area (Å²) in [7, 11) is 0. The third-order valence-corrected chi connectivity index (χ3v) is 5.26. The lowest BCUT2D eigenvalue weighted by molar-refractivity contribution is 0.0322. The summed E-state index contributed by atoms with van der Waals surface area (Å²) < 4.78 is 19.3. The zero-order valence-electron chi connectivity index (χ0n) is 16.8. The van der Waals surface area contributed by atoms with E-state index in [1.165, 1.54) is 0 Å². The molecule has 5 rings (SSSR count). The Labute approximate surface area is 184 Å². The van der Waals surface area contributed by atoms with Gasteiger partial charge >= 0.3 is 0 Å². The second kappa shape index (κ2) is 9.38. The van der Waals surface area contributed by atoms with E-state index >= 15 is 0 Å². The van der Waals surface area contributed by atoms with E-state index in [1.54, 1.807) is 12.3 Å². The Morgan fingerprint density at radius 1 is 1.16 bits per heavy atom. The van der Waals surface area contributed by atoms with Crippen LogP contribution in [0, 0.1) is 0 Å². The van der Waals surface area contributed by atoms with Gasteiger partial charge in [-0.1, -0.05) is 5.16 Å². The number of benzene rings is 1. The molecule has 4 heterocycles. The number of aromatic nitrogens is 2. The molecule has 31 heavy (non-hydrogen) atoms. The molecule has 1 N–H and O–H groups in total. The lowest BCUT2D eigenvalue weighted by Gasteiger charge is -2.26. The number of nitrogens with zero attached hydrogens (tertiary/aromatic N) is 4. The maximum absolute atomic E-state index is 9.58. The second-order valence-corrected chi connectivity index (χ2v) is 7.17. The number of halogens is 1. The van der Waals surface area contributed by atoms with Crippen LogP contribution in [0.1, 0.15) is 0 Å². The average Bonchev–Trinajstić information content (AvgIpc) is 3.27. The fourth-order valence-corrected chi connectivity index (χ4v) is 3.63. The van der Waals surface area contributed by atoms with E-state index in [1.807, 2.05) is 47.1 Å². The van der Waals surface area contributed by atoms with Crippen LogP contribution in [0.15, 0.2) is 64.6 Å². The highest BCUT2D eigenvalue weighted by Crippen LogP contribution is 2.24. The topological polar surface area (TPSA) is 84.7 Å².